The minimum Gasteiger partial charge on any atom is -0.382 e. The van der Waals surface area contributed by atoms with Gasteiger partial charge in [0.25, 0.3) is 0 Å². The summed E-state index contributed by atoms with van der Waals surface area (Å²) in [5.41, 5.74) is 9.28. The van der Waals surface area contributed by atoms with Crippen LogP contribution in [0.1, 0.15) is 22.3 Å². The molecule has 0 fully saturated rings. The van der Waals surface area contributed by atoms with Crippen LogP contribution in [0.3, 0.4) is 0 Å². The van der Waals surface area contributed by atoms with E-state index in [2.05, 4.69) is 57.4 Å². The van der Waals surface area contributed by atoms with E-state index in [-0.39, 0.29) is 0 Å². The second-order valence-corrected chi connectivity index (χ2v) is 8.06. The summed E-state index contributed by atoms with van der Waals surface area (Å²) in [4.78, 5) is 0. The summed E-state index contributed by atoms with van der Waals surface area (Å²) in [5.74, 6) is 7.11. The van der Waals surface area contributed by atoms with Gasteiger partial charge in [-0.25, -0.2) is 11.0 Å². The van der Waals surface area contributed by atoms with Crippen molar-refractivity contribution in [3.63, 3.8) is 0 Å². The number of hydrazine groups is 1. The second-order valence-electron chi connectivity index (χ2n) is 7.15. The van der Waals surface area contributed by atoms with Crippen molar-refractivity contribution in [1.29, 1.82) is 0 Å². The van der Waals surface area contributed by atoms with Gasteiger partial charge in [0.1, 0.15) is 5.54 Å². The molecule has 0 heterocycles. The molecule has 0 aliphatic rings. The summed E-state index contributed by atoms with van der Waals surface area (Å²) in [6.07, 6.45) is 0. The largest absolute Gasteiger partial charge is 0.382 e. The van der Waals surface area contributed by atoms with Gasteiger partial charge < -0.3 is 5.73 Å². The Balaban J connectivity index is 1.95. The second kappa shape index (κ2) is 9.16. The van der Waals surface area contributed by atoms with Gasteiger partial charge in [-0.1, -0.05) is 119 Å². The molecule has 4 rings (SSSR count). The number of amidine groups is 1. The molecule has 5 heteroatoms. The fourth-order valence-electron chi connectivity index (χ4n) is 3.80. The van der Waals surface area contributed by atoms with Crippen LogP contribution < -0.4 is 11.6 Å². The van der Waals surface area contributed by atoms with Crippen LogP contribution in [0.25, 0.3) is 0 Å². The average Bonchev–Trinajstić information content (AvgIpc) is 2.82. The zero-order valence-electron chi connectivity index (χ0n) is 16.9. The SMILES string of the molecule is N/C(=N\N(N)C(c1ccccc1)(c1ccccc1)c1ccccc1)c1ccc(Br)cc1. The first kappa shape index (κ1) is 20.8. The number of benzene rings is 4. The zero-order valence-corrected chi connectivity index (χ0v) is 18.5. The number of hydrazone groups is 1. The van der Waals surface area contributed by atoms with Crippen LogP contribution in [0.5, 0.6) is 0 Å². The van der Waals surface area contributed by atoms with Crippen LogP contribution in [-0.4, -0.2) is 11.0 Å². The molecule has 0 unspecified atom stereocenters. The zero-order chi connectivity index (χ0) is 21.7. The Kier molecular flexibility index (Phi) is 6.16. The summed E-state index contributed by atoms with van der Waals surface area (Å²) in [5, 5.41) is 6.15. The summed E-state index contributed by atoms with van der Waals surface area (Å²) in [6.45, 7) is 0. The van der Waals surface area contributed by atoms with E-state index in [0.717, 1.165) is 26.7 Å². The molecule has 0 spiro atoms. The van der Waals surface area contributed by atoms with Crippen molar-refractivity contribution in [3.8, 4) is 0 Å². The lowest BCUT2D eigenvalue weighted by Crippen LogP contribution is -2.50. The molecule has 0 bridgehead atoms. The summed E-state index contributed by atoms with van der Waals surface area (Å²) in [6, 6.07) is 38.0. The minimum atomic E-state index is -0.871. The molecule has 4 aromatic carbocycles. The molecule has 0 aliphatic heterocycles. The first-order valence-corrected chi connectivity index (χ1v) is 10.7. The molecule has 4 nitrogen and oxygen atoms in total. The first-order chi connectivity index (χ1) is 15.1. The van der Waals surface area contributed by atoms with E-state index in [1.807, 2.05) is 78.9 Å². The molecule has 0 radical (unpaired) electrons. The third-order valence-corrected chi connectivity index (χ3v) is 5.80. The van der Waals surface area contributed by atoms with Gasteiger partial charge in [-0.2, -0.15) is 0 Å². The normalized spacial score (nSPS) is 11.9. The van der Waals surface area contributed by atoms with Gasteiger partial charge in [-0.05, 0) is 28.8 Å². The van der Waals surface area contributed by atoms with E-state index in [9.17, 15) is 0 Å². The molecular formula is C26H23BrN4. The molecule has 0 saturated carbocycles. The lowest BCUT2D eigenvalue weighted by atomic mass is 9.77. The molecule has 0 atom stereocenters. The Morgan fingerprint density at radius 1 is 0.645 bits per heavy atom. The van der Waals surface area contributed by atoms with Crippen LogP contribution in [0.2, 0.25) is 0 Å². The van der Waals surface area contributed by atoms with Gasteiger partial charge in [0.15, 0.2) is 5.84 Å². The Bertz CT molecular complexity index is 1050. The lowest BCUT2D eigenvalue weighted by Gasteiger charge is -2.41. The highest BCUT2D eigenvalue weighted by molar-refractivity contribution is 9.10. The number of hydrogen-bond acceptors (Lipinski definition) is 3. The molecule has 0 aliphatic carbocycles. The van der Waals surface area contributed by atoms with Crippen LogP contribution in [0.15, 0.2) is 125 Å². The monoisotopic (exact) mass is 470 g/mol. The Morgan fingerprint density at radius 3 is 1.42 bits per heavy atom. The third-order valence-electron chi connectivity index (χ3n) is 5.27. The molecule has 4 N–H and O–H groups in total. The predicted octanol–water partition coefficient (Wildman–Crippen LogP) is 5.24. The number of nitrogens with two attached hydrogens (primary N) is 2. The molecule has 0 aromatic heterocycles. The quantitative estimate of drug-likeness (QED) is 0.133. The highest BCUT2D eigenvalue weighted by Crippen LogP contribution is 2.41. The van der Waals surface area contributed by atoms with Gasteiger partial charge >= 0.3 is 0 Å². The van der Waals surface area contributed by atoms with Crippen LogP contribution in [0.4, 0.5) is 0 Å². The third kappa shape index (κ3) is 4.10. The fraction of sp³-hybridized carbons (Fsp3) is 0.0385. The number of halogens is 1. The van der Waals surface area contributed by atoms with E-state index < -0.39 is 5.54 Å². The smallest absolute Gasteiger partial charge is 0.152 e. The standard InChI is InChI=1S/C26H23BrN4/c27-24-18-16-20(17-19-24)25(28)30-31(29)26(21-10-4-1-5-11-21,22-12-6-2-7-13-22)23-14-8-3-9-15-23/h1-19H,29H2,(H2,28,30). The summed E-state index contributed by atoms with van der Waals surface area (Å²) in [7, 11) is 0. The maximum Gasteiger partial charge on any atom is 0.152 e. The Morgan fingerprint density at radius 2 is 1.03 bits per heavy atom. The van der Waals surface area contributed by atoms with Crippen molar-refractivity contribution in [2.75, 3.05) is 0 Å². The summed E-state index contributed by atoms with van der Waals surface area (Å²) >= 11 is 3.45. The van der Waals surface area contributed by atoms with Gasteiger partial charge in [-0.3, -0.25) is 0 Å². The van der Waals surface area contributed by atoms with E-state index in [4.69, 9.17) is 11.6 Å². The molecule has 0 amide bonds. The Hall–Kier alpha value is -3.41. The first-order valence-electron chi connectivity index (χ1n) is 9.94. The molecule has 154 valence electrons. The predicted molar refractivity (Wildman–Crippen MR) is 130 cm³/mol. The average molecular weight is 471 g/mol. The van der Waals surface area contributed by atoms with Gasteiger partial charge in [0.2, 0.25) is 0 Å². The molecule has 0 saturated heterocycles. The van der Waals surface area contributed by atoms with Crippen LogP contribution in [0, 0.1) is 0 Å². The van der Waals surface area contributed by atoms with E-state index >= 15 is 0 Å². The maximum atomic E-state index is 6.77. The summed E-state index contributed by atoms with van der Waals surface area (Å²) < 4.78 is 0.973. The number of hydrogen-bond donors (Lipinski definition) is 2. The number of nitrogens with zero attached hydrogens (tertiary/aromatic N) is 2. The van der Waals surface area contributed by atoms with Gasteiger partial charge in [0.05, 0.1) is 0 Å². The highest BCUT2D eigenvalue weighted by Gasteiger charge is 2.41. The van der Waals surface area contributed by atoms with Gasteiger partial charge in [0, 0.05) is 10.0 Å². The molecular weight excluding hydrogens is 448 g/mol. The van der Waals surface area contributed by atoms with Gasteiger partial charge in [-0.15, -0.1) is 5.10 Å². The van der Waals surface area contributed by atoms with Crippen molar-refractivity contribution >= 4 is 21.8 Å². The highest BCUT2D eigenvalue weighted by atomic mass is 79.9. The number of rotatable bonds is 6. The maximum absolute atomic E-state index is 6.77. The van der Waals surface area contributed by atoms with E-state index in [0.29, 0.717) is 5.84 Å². The van der Waals surface area contributed by atoms with E-state index in [1.54, 1.807) is 0 Å². The van der Waals surface area contributed by atoms with Crippen molar-refractivity contribution in [1.82, 2.24) is 5.12 Å². The lowest BCUT2D eigenvalue weighted by molar-refractivity contribution is 0.167. The Labute approximate surface area is 190 Å². The van der Waals surface area contributed by atoms with E-state index in [1.165, 1.54) is 5.12 Å². The van der Waals surface area contributed by atoms with Crippen LogP contribution >= 0.6 is 15.9 Å². The minimum absolute atomic E-state index is 0.335. The fourth-order valence-corrected chi connectivity index (χ4v) is 4.07. The van der Waals surface area contributed by atoms with Crippen molar-refractivity contribution in [3.05, 3.63) is 142 Å². The van der Waals surface area contributed by atoms with Crippen molar-refractivity contribution in [2.45, 2.75) is 5.54 Å². The molecule has 31 heavy (non-hydrogen) atoms. The molecule has 4 aromatic rings. The van der Waals surface area contributed by atoms with Crippen molar-refractivity contribution in [2.24, 2.45) is 16.7 Å². The van der Waals surface area contributed by atoms with Crippen LogP contribution in [-0.2, 0) is 5.54 Å². The topological polar surface area (TPSA) is 67.6 Å². The van der Waals surface area contributed by atoms with Crippen molar-refractivity contribution < 1.29 is 0 Å².